The van der Waals surface area contributed by atoms with Gasteiger partial charge in [-0.05, 0) is 72.1 Å². The summed E-state index contributed by atoms with van der Waals surface area (Å²) in [6.45, 7) is 0.487. The van der Waals surface area contributed by atoms with Crippen LogP contribution >= 0.6 is 47.2 Å². The Morgan fingerprint density at radius 2 is 1.00 bits per heavy atom. The molecule has 0 aliphatic carbocycles. The fourth-order valence-electron chi connectivity index (χ4n) is 3.93. The number of rotatable bonds is 18. The molecule has 9 nitrogen and oxygen atoms in total. The molecule has 13 heteroatoms. The number of halogens is 3. The zero-order valence-corrected chi connectivity index (χ0v) is 34.1. The molecule has 0 unspecified atom stereocenters. The van der Waals surface area contributed by atoms with Gasteiger partial charge in [0, 0.05) is 58.2 Å². The van der Waals surface area contributed by atoms with Crippen molar-refractivity contribution < 1.29 is 49.6 Å². The van der Waals surface area contributed by atoms with E-state index in [2.05, 4.69) is 4.84 Å². The number of carbonyl (C=O) groups excluding carboxylic acids is 4. The van der Waals surface area contributed by atoms with Crippen molar-refractivity contribution in [3.05, 3.63) is 110 Å². The number of para-hydroxylation sites is 1. The number of nitrogen functional groups attached to an aromatic ring is 1. The molecule has 0 atom stereocenters. The first kappa shape index (κ1) is 54.6. The maximum Gasteiger partial charge on any atom is 0.243 e. The minimum atomic E-state index is -0.347. The molecule has 0 radical (unpaired) electrons. The van der Waals surface area contributed by atoms with Gasteiger partial charge >= 0.3 is 0 Å². The zero-order chi connectivity index (χ0) is 35.0. The summed E-state index contributed by atoms with van der Waals surface area (Å²) in [7, 11) is 0. The van der Waals surface area contributed by atoms with Gasteiger partial charge in [-0.2, -0.15) is 0 Å². The first-order chi connectivity index (χ1) is 22.7. The van der Waals surface area contributed by atoms with Crippen LogP contribution in [-0.4, -0.2) is 27.4 Å². The minimum Gasteiger partial charge on any atom is -0.399 e. The molecule has 0 spiro atoms. The van der Waals surface area contributed by atoms with E-state index in [4.69, 9.17) is 40.0 Å². The quantitative estimate of drug-likeness (QED) is 0.0144. The molecule has 0 aromatic heterocycles. The molecular weight excluding hydrogens is 887 g/mol. The number of hydrogen-bond donors (Lipinski definition) is 4. The molecule has 1 amide bonds. The molecular formula is C37H53Cl2IN3O6Pd-. The third kappa shape index (κ3) is 38.6. The third-order valence-electron chi connectivity index (χ3n) is 6.37. The molecule has 0 bridgehead atoms. The first-order valence-corrected chi connectivity index (χ1v) is 16.4. The molecule has 0 saturated heterocycles. The zero-order valence-electron chi connectivity index (χ0n) is 28.7. The van der Waals surface area contributed by atoms with Crippen LogP contribution < -0.4 is 17.1 Å². The number of benzene rings is 3. The molecule has 0 fully saturated rings. The van der Waals surface area contributed by atoms with Crippen molar-refractivity contribution in [1.82, 2.24) is 5.48 Å². The van der Waals surface area contributed by atoms with Crippen molar-refractivity contribution in [2.75, 3.05) is 5.73 Å². The van der Waals surface area contributed by atoms with Crippen LogP contribution in [0.25, 0.3) is 0 Å². The Bertz CT molecular complexity index is 1220. The Morgan fingerprint density at radius 1 is 0.620 bits per heavy atom. The molecule has 6 N–H and O–H groups in total. The second-order valence-electron chi connectivity index (χ2n) is 10.5. The smallest absolute Gasteiger partial charge is 0.243 e. The van der Waals surface area contributed by atoms with E-state index < -0.39 is 0 Å². The van der Waals surface area contributed by atoms with E-state index in [-0.39, 0.29) is 74.0 Å². The summed E-state index contributed by atoms with van der Waals surface area (Å²) < 4.78 is 0. The van der Waals surface area contributed by atoms with Gasteiger partial charge in [-0.3, -0.25) is 29.2 Å². The van der Waals surface area contributed by atoms with E-state index in [0.29, 0.717) is 38.7 Å². The van der Waals surface area contributed by atoms with Crippen molar-refractivity contribution >= 4 is 75.0 Å². The second-order valence-corrected chi connectivity index (χ2v) is 11.3. The molecule has 0 aliphatic rings. The minimum absolute atomic E-state index is 0. The standard InChI is InChI=1S/C15H21NO3.C8H12Cl2O2.C7H9NO.C6H7N.CH3.HI.Pd/c17-14(12-13-8-4-3-5-9-13)10-6-1-2-7-11-15(18)16-19;9-7(11)5-3-1-2-4-6-8(10)12;8-9-6-7-4-2-1-3-5-7;7-6-4-2-1-3-5-6;;;/h3-5,8-9,19H,1-2,6-7,10-12H2,(H,16,18);1-6H2;1-5H,6,8H2;1-5H,7H2;1H3;1H;/q;;;;-1;;. The molecule has 3 aromatic rings. The van der Waals surface area contributed by atoms with E-state index in [1.807, 2.05) is 91.0 Å². The number of ketones is 1. The van der Waals surface area contributed by atoms with Gasteiger partial charge in [0.1, 0.15) is 5.78 Å². The average Bonchev–Trinajstić information content (AvgIpc) is 3.06. The van der Waals surface area contributed by atoms with Gasteiger partial charge in [-0.1, -0.05) is 105 Å². The van der Waals surface area contributed by atoms with Crippen LogP contribution in [0.2, 0.25) is 0 Å². The Hall–Kier alpha value is -2.21. The predicted octanol–water partition coefficient (Wildman–Crippen LogP) is 8.91. The van der Waals surface area contributed by atoms with Crippen LogP contribution in [0, 0.1) is 7.43 Å². The predicted molar refractivity (Wildman–Crippen MR) is 210 cm³/mol. The number of amides is 1. The van der Waals surface area contributed by atoms with E-state index >= 15 is 0 Å². The van der Waals surface area contributed by atoms with Gasteiger partial charge in [0.2, 0.25) is 16.4 Å². The van der Waals surface area contributed by atoms with Gasteiger partial charge < -0.3 is 13.2 Å². The van der Waals surface area contributed by atoms with Crippen LogP contribution in [0.4, 0.5) is 5.69 Å². The maximum atomic E-state index is 11.7. The third-order valence-corrected chi connectivity index (χ3v) is 6.75. The van der Waals surface area contributed by atoms with E-state index in [9.17, 15) is 19.2 Å². The molecule has 3 aromatic carbocycles. The Balaban J connectivity index is -0.000000295. The summed E-state index contributed by atoms with van der Waals surface area (Å²) in [6, 6.07) is 29.0. The van der Waals surface area contributed by atoms with Crippen LogP contribution in [0.3, 0.4) is 0 Å². The van der Waals surface area contributed by atoms with Crippen molar-refractivity contribution in [2.24, 2.45) is 5.90 Å². The van der Waals surface area contributed by atoms with Crippen molar-refractivity contribution in [1.29, 1.82) is 0 Å². The number of unbranched alkanes of at least 4 members (excludes halogenated alkanes) is 6. The number of Topliss-reactive ketones (excluding diaryl/α,β-unsaturated/α-hetero) is 1. The van der Waals surface area contributed by atoms with Crippen LogP contribution in [0.1, 0.15) is 88.2 Å². The molecule has 3 rings (SSSR count). The molecule has 0 aliphatic heterocycles. The normalized spacial score (nSPS) is 9.12. The molecule has 284 valence electrons. The topological polar surface area (TPSA) is 162 Å². The monoisotopic (exact) mass is 938 g/mol. The molecule has 50 heavy (non-hydrogen) atoms. The van der Waals surface area contributed by atoms with Gasteiger partial charge in [0.05, 0.1) is 6.61 Å². The van der Waals surface area contributed by atoms with E-state index in [1.54, 1.807) is 5.48 Å². The summed E-state index contributed by atoms with van der Waals surface area (Å²) in [5.41, 5.74) is 9.95. The fraction of sp³-hybridized carbons (Fsp3) is 0.378. The number of nitrogens with one attached hydrogen (secondary N) is 1. The summed E-state index contributed by atoms with van der Waals surface area (Å²) in [5.74, 6) is 4.78. The molecule has 0 saturated carbocycles. The first-order valence-electron chi connectivity index (χ1n) is 15.7. The SMILES string of the molecule is I.NOCc1ccccc1.Nc1ccccc1.O=C(CCCCCCC(=O)NO)Cc1ccccc1.O=C(Cl)CCCCCCC(=O)Cl.[CH3-].[Pd]. The van der Waals surface area contributed by atoms with Crippen molar-refractivity contribution in [3.8, 4) is 0 Å². The average molecular weight is 940 g/mol. The largest absolute Gasteiger partial charge is 0.399 e. The van der Waals surface area contributed by atoms with Crippen LogP contribution in [-0.2, 0) is 57.5 Å². The fourth-order valence-corrected chi connectivity index (χ4v) is 4.20. The number of hydrogen-bond acceptors (Lipinski definition) is 8. The summed E-state index contributed by atoms with van der Waals surface area (Å²) in [4.78, 5) is 47.4. The summed E-state index contributed by atoms with van der Waals surface area (Å²) >= 11 is 10.3. The maximum absolute atomic E-state index is 11.7. The second kappa shape index (κ2) is 39.6. The molecule has 0 heterocycles. The van der Waals surface area contributed by atoms with E-state index in [1.165, 1.54) is 0 Å². The number of hydroxylamine groups is 1. The van der Waals surface area contributed by atoms with Crippen LogP contribution in [0.5, 0.6) is 0 Å². The van der Waals surface area contributed by atoms with Gasteiger partial charge in [-0.15, -0.1) is 24.0 Å². The number of nitrogens with two attached hydrogens (primary N) is 2. The Kier molecular flexibility index (Phi) is 43.2. The van der Waals surface area contributed by atoms with Crippen molar-refractivity contribution in [3.63, 3.8) is 0 Å². The Morgan fingerprint density at radius 3 is 1.36 bits per heavy atom. The van der Waals surface area contributed by atoms with E-state index in [0.717, 1.165) is 68.2 Å². The van der Waals surface area contributed by atoms with Crippen molar-refractivity contribution in [2.45, 2.75) is 90.1 Å². The Labute approximate surface area is 339 Å². The number of carbonyl (C=O) groups is 4. The van der Waals surface area contributed by atoms with Crippen LogP contribution in [0.15, 0.2) is 91.0 Å². The summed E-state index contributed by atoms with van der Waals surface area (Å²) in [6.07, 6.45) is 9.25. The number of anilines is 1. The van der Waals surface area contributed by atoms with Gasteiger partial charge in [-0.25, -0.2) is 11.4 Å². The van der Waals surface area contributed by atoms with Gasteiger partial charge in [0.25, 0.3) is 0 Å². The summed E-state index contributed by atoms with van der Waals surface area (Å²) in [5, 5.41) is 7.73. The van der Waals surface area contributed by atoms with Gasteiger partial charge in [0.15, 0.2) is 0 Å².